The summed E-state index contributed by atoms with van der Waals surface area (Å²) < 4.78 is 20.0. The third-order valence-corrected chi connectivity index (χ3v) is 3.82. The van der Waals surface area contributed by atoms with Gasteiger partial charge in [-0.1, -0.05) is 18.2 Å². The van der Waals surface area contributed by atoms with E-state index >= 15 is 0 Å². The maximum Gasteiger partial charge on any atom is 0.139 e. The second-order valence-corrected chi connectivity index (χ2v) is 5.63. The van der Waals surface area contributed by atoms with E-state index in [4.69, 9.17) is 4.74 Å². The first kappa shape index (κ1) is 14.5. The number of benzene rings is 2. The van der Waals surface area contributed by atoms with Crippen molar-refractivity contribution in [3.63, 3.8) is 0 Å². The molecule has 2 aromatic carbocycles. The Morgan fingerprint density at radius 2 is 1.89 bits per heavy atom. The third kappa shape index (κ3) is 3.55. The molecule has 2 aromatic rings. The fraction of sp³-hybridized carbons (Fsp3) is 0.143. The molecule has 0 saturated carbocycles. The van der Waals surface area contributed by atoms with Gasteiger partial charge in [0.1, 0.15) is 18.2 Å². The predicted octanol–water partition coefficient (Wildman–Crippen LogP) is 4.42. The number of ether oxygens (including phenoxy) is 1. The van der Waals surface area contributed by atoms with Crippen LogP contribution in [0.25, 0.3) is 0 Å². The van der Waals surface area contributed by atoms with Gasteiger partial charge in [-0.2, -0.15) is 0 Å². The van der Waals surface area contributed by atoms with Crippen molar-refractivity contribution in [2.24, 2.45) is 0 Å². The van der Waals surface area contributed by atoms with Crippen molar-refractivity contribution in [3.8, 4) is 5.75 Å². The number of halogens is 3. The Balaban J connectivity index is 2.16. The Kier molecular flexibility index (Phi) is 4.96. The molecular weight excluding hydrogens is 379 g/mol. The van der Waals surface area contributed by atoms with E-state index in [1.165, 1.54) is 6.07 Å². The molecule has 0 aliphatic carbocycles. The summed E-state index contributed by atoms with van der Waals surface area (Å²) in [6.07, 6.45) is 0. The average molecular weight is 390 g/mol. The van der Waals surface area contributed by atoms with Crippen molar-refractivity contribution in [3.05, 3.63) is 62.3 Å². The molecule has 0 bridgehead atoms. The fourth-order valence-corrected chi connectivity index (χ4v) is 2.57. The summed E-state index contributed by atoms with van der Waals surface area (Å²) in [6.45, 7) is 0.205. The largest absolute Gasteiger partial charge is 0.487 e. The quantitative estimate of drug-likeness (QED) is 0.838. The first-order valence-electron chi connectivity index (χ1n) is 5.57. The van der Waals surface area contributed by atoms with E-state index in [0.717, 1.165) is 10.0 Å². The van der Waals surface area contributed by atoms with Gasteiger partial charge in [0.05, 0.1) is 15.6 Å². The summed E-state index contributed by atoms with van der Waals surface area (Å²) >= 11 is 6.52. The Morgan fingerprint density at radius 3 is 2.58 bits per heavy atom. The highest BCUT2D eigenvalue weighted by atomic mass is 79.9. The minimum Gasteiger partial charge on any atom is -0.487 e. The van der Waals surface area contributed by atoms with Gasteiger partial charge in [-0.3, -0.25) is 0 Å². The molecule has 5 heteroatoms. The van der Waals surface area contributed by atoms with Crippen LogP contribution in [0.15, 0.2) is 45.3 Å². The summed E-state index contributed by atoms with van der Waals surface area (Å²) in [5.41, 5.74) is 1.54. The van der Waals surface area contributed by atoms with Gasteiger partial charge in [-0.05, 0) is 55.6 Å². The molecule has 0 atom stereocenters. The van der Waals surface area contributed by atoms with E-state index < -0.39 is 0 Å². The topological polar surface area (TPSA) is 29.5 Å². The van der Waals surface area contributed by atoms with E-state index in [1.54, 1.807) is 18.2 Å². The summed E-state index contributed by atoms with van der Waals surface area (Å²) in [5, 5.41) is 9.26. The number of aliphatic hydroxyl groups excluding tert-OH is 1. The maximum absolute atomic E-state index is 13.1. The molecule has 100 valence electrons. The van der Waals surface area contributed by atoms with Crippen molar-refractivity contribution < 1.29 is 14.2 Å². The molecular formula is C14H11Br2FO2. The van der Waals surface area contributed by atoms with Gasteiger partial charge in [-0.15, -0.1) is 0 Å². The standard InChI is InChI=1S/C14H11Br2FO2/c15-11-3-1-2-10(7-18)14(11)19-8-9-4-5-13(17)12(16)6-9/h1-6,18H,7-8H2. The van der Waals surface area contributed by atoms with Crippen molar-refractivity contribution in [1.29, 1.82) is 0 Å². The van der Waals surface area contributed by atoms with E-state index in [-0.39, 0.29) is 12.4 Å². The van der Waals surface area contributed by atoms with Gasteiger partial charge in [0.15, 0.2) is 0 Å². The normalized spacial score (nSPS) is 10.5. The predicted molar refractivity (Wildman–Crippen MR) is 78.5 cm³/mol. The fourth-order valence-electron chi connectivity index (χ4n) is 1.62. The van der Waals surface area contributed by atoms with Crippen LogP contribution in [-0.2, 0) is 13.2 Å². The van der Waals surface area contributed by atoms with Crippen LogP contribution in [0, 0.1) is 5.82 Å². The van der Waals surface area contributed by atoms with Crippen LogP contribution in [0.5, 0.6) is 5.75 Å². The molecule has 2 nitrogen and oxygen atoms in total. The van der Waals surface area contributed by atoms with Crippen LogP contribution < -0.4 is 4.74 Å². The van der Waals surface area contributed by atoms with Crippen molar-refractivity contribution in [2.75, 3.05) is 0 Å². The van der Waals surface area contributed by atoms with E-state index in [2.05, 4.69) is 31.9 Å². The second kappa shape index (κ2) is 6.50. The molecule has 0 aromatic heterocycles. The second-order valence-electron chi connectivity index (χ2n) is 3.92. The van der Waals surface area contributed by atoms with Crippen molar-refractivity contribution in [2.45, 2.75) is 13.2 Å². The Labute approximate surface area is 127 Å². The highest BCUT2D eigenvalue weighted by Crippen LogP contribution is 2.30. The van der Waals surface area contributed by atoms with E-state index in [0.29, 0.717) is 22.4 Å². The van der Waals surface area contributed by atoms with Gasteiger partial charge in [0, 0.05) is 5.56 Å². The van der Waals surface area contributed by atoms with Gasteiger partial charge in [-0.25, -0.2) is 4.39 Å². The lowest BCUT2D eigenvalue weighted by Gasteiger charge is -2.12. The number of rotatable bonds is 4. The SMILES string of the molecule is OCc1cccc(Br)c1OCc1ccc(F)c(Br)c1. The molecule has 0 aliphatic rings. The monoisotopic (exact) mass is 388 g/mol. The van der Waals surface area contributed by atoms with Gasteiger partial charge in [0.25, 0.3) is 0 Å². The number of hydrogen-bond acceptors (Lipinski definition) is 2. The smallest absolute Gasteiger partial charge is 0.139 e. The molecule has 0 unspecified atom stereocenters. The minimum absolute atomic E-state index is 0.0954. The van der Waals surface area contributed by atoms with Crippen LogP contribution in [-0.4, -0.2) is 5.11 Å². The highest BCUT2D eigenvalue weighted by Gasteiger charge is 2.08. The first-order valence-corrected chi connectivity index (χ1v) is 7.15. The summed E-state index contributed by atoms with van der Waals surface area (Å²) in [5.74, 6) is 0.297. The van der Waals surface area contributed by atoms with Gasteiger partial charge in [0.2, 0.25) is 0 Å². The Morgan fingerprint density at radius 1 is 1.11 bits per heavy atom. The molecule has 0 amide bonds. The lowest BCUT2D eigenvalue weighted by molar-refractivity contribution is 0.258. The van der Waals surface area contributed by atoms with Crippen LogP contribution in [0.3, 0.4) is 0 Å². The Hall–Kier alpha value is -0.910. The zero-order valence-electron chi connectivity index (χ0n) is 9.87. The summed E-state index contributed by atoms with van der Waals surface area (Å²) in [7, 11) is 0. The van der Waals surface area contributed by atoms with E-state index in [9.17, 15) is 9.50 Å². The van der Waals surface area contributed by atoms with E-state index in [1.807, 2.05) is 12.1 Å². The molecule has 0 saturated heterocycles. The zero-order valence-corrected chi connectivity index (χ0v) is 13.0. The lowest BCUT2D eigenvalue weighted by Crippen LogP contribution is -2.00. The minimum atomic E-state index is -0.305. The molecule has 19 heavy (non-hydrogen) atoms. The molecule has 0 radical (unpaired) electrons. The first-order chi connectivity index (χ1) is 9.11. The zero-order chi connectivity index (χ0) is 13.8. The van der Waals surface area contributed by atoms with Gasteiger partial charge < -0.3 is 9.84 Å². The maximum atomic E-state index is 13.1. The molecule has 0 spiro atoms. The van der Waals surface area contributed by atoms with Crippen LogP contribution in [0.4, 0.5) is 4.39 Å². The van der Waals surface area contributed by atoms with Crippen molar-refractivity contribution in [1.82, 2.24) is 0 Å². The molecule has 0 aliphatic heterocycles. The van der Waals surface area contributed by atoms with Crippen LogP contribution in [0.1, 0.15) is 11.1 Å². The van der Waals surface area contributed by atoms with Crippen LogP contribution >= 0.6 is 31.9 Å². The number of aliphatic hydroxyl groups is 1. The number of hydrogen-bond donors (Lipinski definition) is 1. The van der Waals surface area contributed by atoms with Crippen LogP contribution in [0.2, 0.25) is 0 Å². The molecule has 0 heterocycles. The van der Waals surface area contributed by atoms with Gasteiger partial charge >= 0.3 is 0 Å². The lowest BCUT2D eigenvalue weighted by atomic mass is 10.2. The third-order valence-electron chi connectivity index (χ3n) is 2.59. The Bertz CT molecular complexity index is 588. The summed E-state index contributed by atoms with van der Waals surface area (Å²) in [6, 6.07) is 10.2. The summed E-state index contributed by atoms with van der Waals surface area (Å²) in [4.78, 5) is 0. The molecule has 0 fully saturated rings. The highest BCUT2D eigenvalue weighted by molar-refractivity contribution is 9.10. The molecule has 2 rings (SSSR count). The molecule has 1 N–H and O–H groups in total. The average Bonchev–Trinajstić information content (AvgIpc) is 2.41. The number of para-hydroxylation sites is 1. The van der Waals surface area contributed by atoms with Crippen molar-refractivity contribution >= 4 is 31.9 Å².